The quantitative estimate of drug-likeness (QED) is 0.141. The summed E-state index contributed by atoms with van der Waals surface area (Å²) in [6.45, 7) is 9.99. The summed E-state index contributed by atoms with van der Waals surface area (Å²) in [5.41, 5.74) is 3.44. The lowest BCUT2D eigenvalue weighted by Gasteiger charge is -2.24. The summed E-state index contributed by atoms with van der Waals surface area (Å²) in [6, 6.07) is 10.0. The number of fused-ring (bicyclic) bond motifs is 1. The molecular formula is C28H32BrN7OSSi. The number of ether oxygens (including phenoxy) is 1. The van der Waals surface area contributed by atoms with E-state index in [1.165, 1.54) is 0 Å². The number of aromatic nitrogens is 4. The third-order valence-corrected chi connectivity index (χ3v) is 11.0. The van der Waals surface area contributed by atoms with Gasteiger partial charge in [0.1, 0.15) is 35.3 Å². The van der Waals surface area contributed by atoms with Crippen LogP contribution >= 0.6 is 27.3 Å². The van der Waals surface area contributed by atoms with Crippen LogP contribution in [0, 0.1) is 28.6 Å². The summed E-state index contributed by atoms with van der Waals surface area (Å²) in [5, 5.41) is 23.2. The van der Waals surface area contributed by atoms with Crippen LogP contribution in [0.5, 0.6) is 0 Å². The SMILES string of the molecule is C[Si](C)(C)CCOCn1ccc2c(-c3ccn(C(CC#N)C4CCN(c5scc(Br)c5C#N)C4)c3)ncnc21. The number of thiophene rings is 1. The van der Waals surface area contributed by atoms with E-state index in [2.05, 4.69) is 91.7 Å². The molecule has 0 bridgehead atoms. The molecule has 1 fully saturated rings. The lowest BCUT2D eigenvalue weighted by atomic mass is 9.96. The van der Waals surface area contributed by atoms with E-state index in [-0.39, 0.29) is 6.04 Å². The third-order valence-electron chi connectivity index (χ3n) is 7.35. The van der Waals surface area contributed by atoms with Gasteiger partial charge in [0.05, 0.1) is 24.2 Å². The highest BCUT2D eigenvalue weighted by Gasteiger charge is 2.32. The minimum Gasteiger partial charge on any atom is -0.362 e. The molecule has 5 rings (SSSR count). The maximum Gasteiger partial charge on any atom is 0.145 e. The number of nitrogens with zero attached hydrogens (tertiary/aromatic N) is 7. The van der Waals surface area contributed by atoms with Gasteiger partial charge in [0, 0.05) is 67.2 Å². The first-order chi connectivity index (χ1) is 18.8. The molecule has 4 aromatic heterocycles. The number of nitriles is 2. The van der Waals surface area contributed by atoms with Crippen molar-refractivity contribution in [1.29, 1.82) is 10.5 Å². The van der Waals surface area contributed by atoms with E-state index in [1.807, 2.05) is 16.1 Å². The Labute approximate surface area is 242 Å². The van der Waals surface area contributed by atoms with Crippen molar-refractivity contribution in [2.75, 3.05) is 24.6 Å². The average molecular weight is 623 g/mol. The van der Waals surface area contributed by atoms with Crippen molar-refractivity contribution in [1.82, 2.24) is 19.1 Å². The average Bonchev–Trinajstić information content (AvgIpc) is 3.71. The minimum absolute atomic E-state index is 0.0457. The first-order valence-corrected chi connectivity index (χ1v) is 18.5. The van der Waals surface area contributed by atoms with Crippen LogP contribution in [-0.4, -0.2) is 46.9 Å². The van der Waals surface area contributed by atoms with Gasteiger partial charge >= 0.3 is 0 Å². The van der Waals surface area contributed by atoms with E-state index in [9.17, 15) is 10.5 Å². The van der Waals surface area contributed by atoms with Crippen LogP contribution in [0.3, 0.4) is 0 Å². The van der Waals surface area contributed by atoms with Crippen LogP contribution < -0.4 is 4.90 Å². The maximum atomic E-state index is 9.67. The first-order valence-electron chi connectivity index (χ1n) is 13.1. The molecule has 1 aliphatic rings. The molecular weight excluding hydrogens is 590 g/mol. The summed E-state index contributed by atoms with van der Waals surface area (Å²) in [4.78, 5) is 11.5. The Kier molecular flexibility index (Phi) is 8.24. The molecule has 0 N–H and O–H groups in total. The normalized spacial score (nSPS) is 16.5. The van der Waals surface area contributed by atoms with E-state index in [0.717, 1.165) is 63.9 Å². The Morgan fingerprint density at radius 1 is 1.23 bits per heavy atom. The van der Waals surface area contributed by atoms with Gasteiger partial charge in [-0.15, -0.1) is 11.3 Å². The molecule has 1 aliphatic heterocycles. The standard InChI is InChI=1S/C28H32BrN7OSSi/c1-39(2,3)13-12-37-19-36-11-7-22-26(32-18-33-27(22)36)21-6-9-34(16-21)25(4-8-30)20-5-10-35(15-20)28-23(14-31)24(29)17-38-28/h6-7,9,11,16-18,20,25H,4-5,10,12-13,15,19H2,1-3H3. The summed E-state index contributed by atoms with van der Waals surface area (Å²) in [5.74, 6) is 0.303. The van der Waals surface area contributed by atoms with Crippen LogP contribution in [-0.2, 0) is 11.5 Å². The van der Waals surface area contributed by atoms with Crippen molar-refractivity contribution >= 4 is 51.4 Å². The van der Waals surface area contributed by atoms with Crippen molar-refractivity contribution in [3.05, 3.63) is 52.5 Å². The Balaban J connectivity index is 1.33. The Bertz CT molecular complexity index is 1540. The van der Waals surface area contributed by atoms with Crippen LogP contribution in [0.25, 0.3) is 22.3 Å². The van der Waals surface area contributed by atoms with Crippen LogP contribution in [0.4, 0.5) is 5.00 Å². The van der Waals surface area contributed by atoms with Crippen LogP contribution in [0.15, 0.2) is 46.9 Å². The number of hydrogen-bond acceptors (Lipinski definition) is 7. The zero-order chi connectivity index (χ0) is 27.6. The zero-order valence-electron chi connectivity index (χ0n) is 22.5. The molecule has 0 radical (unpaired) electrons. The number of hydrogen-bond donors (Lipinski definition) is 0. The highest BCUT2D eigenvalue weighted by atomic mass is 79.9. The zero-order valence-corrected chi connectivity index (χ0v) is 25.9. The molecule has 0 amide bonds. The molecule has 11 heteroatoms. The lowest BCUT2D eigenvalue weighted by Crippen LogP contribution is -2.24. The van der Waals surface area contributed by atoms with Gasteiger partial charge in [-0.1, -0.05) is 19.6 Å². The third kappa shape index (κ3) is 5.97. The highest BCUT2D eigenvalue weighted by Crippen LogP contribution is 2.40. The van der Waals surface area contributed by atoms with E-state index in [4.69, 9.17) is 4.74 Å². The lowest BCUT2D eigenvalue weighted by molar-refractivity contribution is 0.0899. The number of halogens is 1. The molecule has 2 unspecified atom stereocenters. The second kappa shape index (κ2) is 11.6. The molecule has 2 atom stereocenters. The summed E-state index contributed by atoms with van der Waals surface area (Å²) >= 11 is 5.09. The Morgan fingerprint density at radius 2 is 2.08 bits per heavy atom. The van der Waals surface area contributed by atoms with Gasteiger partial charge in [0.25, 0.3) is 0 Å². The van der Waals surface area contributed by atoms with Gasteiger partial charge in [0.2, 0.25) is 0 Å². The van der Waals surface area contributed by atoms with Gasteiger partial charge < -0.3 is 18.8 Å². The molecule has 0 saturated carbocycles. The largest absolute Gasteiger partial charge is 0.362 e. The second-order valence-corrected chi connectivity index (χ2v) is 18.6. The molecule has 0 spiro atoms. The van der Waals surface area contributed by atoms with Crippen molar-refractivity contribution in [3.63, 3.8) is 0 Å². The van der Waals surface area contributed by atoms with Gasteiger partial charge in [-0.2, -0.15) is 10.5 Å². The van der Waals surface area contributed by atoms with Crippen LogP contribution in [0.1, 0.15) is 24.4 Å². The van der Waals surface area contributed by atoms with Gasteiger partial charge in [-0.25, -0.2) is 9.97 Å². The molecule has 39 heavy (non-hydrogen) atoms. The summed E-state index contributed by atoms with van der Waals surface area (Å²) in [7, 11) is -1.13. The molecule has 5 heterocycles. The van der Waals surface area contributed by atoms with Crippen molar-refractivity contribution in [3.8, 4) is 23.4 Å². The second-order valence-electron chi connectivity index (χ2n) is 11.2. The van der Waals surface area contributed by atoms with E-state index in [1.54, 1.807) is 17.7 Å². The molecule has 8 nitrogen and oxygen atoms in total. The molecule has 0 aliphatic carbocycles. The smallest absolute Gasteiger partial charge is 0.145 e. The van der Waals surface area contributed by atoms with Crippen molar-refractivity contribution in [2.45, 2.75) is 51.3 Å². The highest BCUT2D eigenvalue weighted by molar-refractivity contribution is 9.10. The summed E-state index contributed by atoms with van der Waals surface area (Å²) in [6.07, 6.45) is 9.19. The van der Waals surface area contributed by atoms with Crippen LogP contribution in [0.2, 0.25) is 25.7 Å². The molecule has 0 aromatic carbocycles. The van der Waals surface area contributed by atoms with Gasteiger partial charge in [-0.05, 0) is 46.4 Å². The fourth-order valence-corrected chi connectivity index (χ4v) is 7.56. The number of anilines is 1. The predicted molar refractivity (Wildman–Crippen MR) is 161 cm³/mol. The van der Waals surface area contributed by atoms with Crippen molar-refractivity contribution < 1.29 is 4.74 Å². The first kappa shape index (κ1) is 27.6. The van der Waals surface area contributed by atoms with E-state index in [0.29, 0.717) is 24.6 Å². The predicted octanol–water partition coefficient (Wildman–Crippen LogP) is 6.89. The van der Waals surface area contributed by atoms with Gasteiger partial charge in [0.15, 0.2) is 0 Å². The fourth-order valence-electron chi connectivity index (χ4n) is 5.19. The van der Waals surface area contributed by atoms with E-state index < -0.39 is 8.07 Å². The Morgan fingerprint density at radius 3 is 2.85 bits per heavy atom. The number of rotatable bonds is 10. The maximum absolute atomic E-state index is 9.67. The monoisotopic (exact) mass is 621 g/mol. The van der Waals surface area contributed by atoms with Gasteiger partial charge in [-0.3, -0.25) is 0 Å². The topological polar surface area (TPSA) is 95.7 Å². The summed E-state index contributed by atoms with van der Waals surface area (Å²) < 4.78 is 11.0. The molecule has 4 aromatic rings. The minimum atomic E-state index is -1.13. The Hall–Kier alpha value is -2.96. The van der Waals surface area contributed by atoms with Crippen molar-refractivity contribution in [2.24, 2.45) is 5.92 Å². The molecule has 1 saturated heterocycles. The fraction of sp³-hybridized carbons (Fsp3) is 0.429. The molecule has 202 valence electrons. The van der Waals surface area contributed by atoms with E-state index >= 15 is 0 Å².